The Bertz CT molecular complexity index is 1300. The van der Waals surface area contributed by atoms with E-state index in [2.05, 4.69) is 0 Å². The van der Waals surface area contributed by atoms with E-state index in [0.717, 1.165) is 17.8 Å². The van der Waals surface area contributed by atoms with Gasteiger partial charge in [-0.1, -0.05) is 41.6 Å². The van der Waals surface area contributed by atoms with Crippen molar-refractivity contribution in [3.05, 3.63) is 81.4 Å². The number of hydrogen-bond acceptors (Lipinski definition) is 6. The van der Waals surface area contributed by atoms with Gasteiger partial charge in [-0.2, -0.15) is 0 Å². The van der Waals surface area contributed by atoms with Crippen LogP contribution in [0, 0.1) is 0 Å². The second kappa shape index (κ2) is 8.62. The Morgan fingerprint density at radius 3 is 2.34 bits per heavy atom. The summed E-state index contributed by atoms with van der Waals surface area (Å²) in [5.74, 6) is -2.27. The summed E-state index contributed by atoms with van der Waals surface area (Å²) in [6.45, 7) is 0. The van der Waals surface area contributed by atoms with E-state index in [1.54, 1.807) is 36.4 Å². The largest absolute Gasteiger partial charge is 0.478 e. The molecule has 0 saturated carbocycles. The second-order valence-electron chi connectivity index (χ2n) is 6.61. The Morgan fingerprint density at radius 1 is 1.03 bits per heavy atom. The van der Waals surface area contributed by atoms with Gasteiger partial charge in [0.25, 0.3) is 5.91 Å². The zero-order chi connectivity index (χ0) is 23.0. The number of aromatic carboxylic acids is 2. The standard InChI is InChI=1S/C22H12ClNO6S2/c23-14-2-1-3-15(9-14)24-19(25)18(32-22(24)31)10-16-4-5-17(30-16)11-6-12(20(26)27)8-13(7-11)21(28)29/h1-10H,(H,26,27)(H,28,29)/b18-10-. The van der Waals surface area contributed by atoms with Crippen LogP contribution in [0.5, 0.6) is 0 Å². The molecule has 0 atom stereocenters. The lowest BCUT2D eigenvalue weighted by Gasteiger charge is -2.14. The fraction of sp³-hybridized carbons (Fsp3) is 0. The zero-order valence-corrected chi connectivity index (χ0v) is 18.3. The predicted octanol–water partition coefficient (Wildman–Crippen LogP) is 5.40. The second-order valence-corrected chi connectivity index (χ2v) is 8.72. The highest BCUT2D eigenvalue weighted by molar-refractivity contribution is 8.27. The first kappa shape index (κ1) is 21.8. The molecule has 1 aromatic heterocycles. The van der Waals surface area contributed by atoms with Crippen LogP contribution < -0.4 is 4.90 Å². The smallest absolute Gasteiger partial charge is 0.335 e. The molecule has 3 aromatic rings. The van der Waals surface area contributed by atoms with Crippen LogP contribution >= 0.6 is 35.6 Å². The zero-order valence-electron chi connectivity index (χ0n) is 15.9. The van der Waals surface area contributed by atoms with E-state index in [1.165, 1.54) is 23.1 Å². The number of carboxylic acids is 2. The molecule has 160 valence electrons. The lowest BCUT2D eigenvalue weighted by atomic mass is 10.0. The van der Waals surface area contributed by atoms with Gasteiger partial charge in [-0.3, -0.25) is 9.69 Å². The molecule has 32 heavy (non-hydrogen) atoms. The summed E-state index contributed by atoms with van der Waals surface area (Å²) in [5.41, 5.74) is 0.476. The van der Waals surface area contributed by atoms with Crippen molar-refractivity contribution < 1.29 is 29.0 Å². The van der Waals surface area contributed by atoms with E-state index >= 15 is 0 Å². The van der Waals surface area contributed by atoms with Crippen molar-refractivity contribution in [2.75, 3.05) is 4.90 Å². The predicted molar refractivity (Wildman–Crippen MR) is 125 cm³/mol. The van der Waals surface area contributed by atoms with Crippen LogP contribution in [-0.2, 0) is 4.79 Å². The maximum Gasteiger partial charge on any atom is 0.335 e. The lowest BCUT2D eigenvalue weighted by Crippen LogP contribution is -2.27. The molecule has 1 aliphatic rings. The van der Waals surface area contributed by atoms with Gasteiger partial charge in [-0.05, 0) is 48.5 Å². The molecule has 4 rings (SSSR count). The first-order valence-electron chi connectivity index (χ1n) is 8.98. The van der Waals surface area contributed by atoms with Crippen molar-refractivity contribution in [2.45, 2.75) is 0 Å². The molecule has 0 unspecified atom stereocenters. The number of thioether (sulfide) groups is 1. The molecular formula is C22H12ClNO6S2. The van der Waals surface area contributed by atoms with Gasteiger partial charge < -0.3 is 14.6 Å². The Morgan fingerprint density at radius 2 is 1.72 bits per heavy atom. The third-order valence-electron chi connectivity index (χ3n) is 4.47. The number of halogens is 1. The summed E-state index contributed by atoms with van der Waals surface area (Å²) in [7, 11) is 0. The molecule has 7 nitrogen and oxygen atoms in total. The van der Waals surface area contributed by atoms with Crippen LogP contribution in [0.1, 0.15) is 26.5 Å². The molecule has 1 amide bonds. The number of carbonyl (C=O) groups excluding carboxylic acids is 1. The van der Waals surface area contributed by atoms with Crippen molar-refractivity contribution in [1.29, 1.82) is 0 Å². The molecule has 1 fully saturated rings. The average Bonchev–Trinajstić information content (AvgIpc) is 3.32. The molecule has 1 saturated heterocycles. The van der Waals surface area contributed by atoms with E-state index in [9.17, 15) is 24.6 Å². The van der Waals surface area contributed by atoms with Crippen molar-refractivity contribution in [1.82, 2.24) is 0 Å². The number of thiocarbonyl (C=S) groups is 1. The van der Waals surface area contributed by atoms with Crippen LogP contribution in [0.15, 0.2) is 63.9 Å². The highest BCUT2D eigenvalue weighted by atomic mass is 35.5. The van der Waals surface area contributed by atoms with E-state index < -0.39 is 11.9 Å². The highest BCUT2D eigenvalue weighted by Crippen LogP contribution is 2.37. The maximum absolute atomic E-state index is 12.9. The number of carbonyl (C=O) groups is 3. The maximum atomic E-state index is 12.9. The summed E-state index contributed by atoms with van der Waals surface area (Å²) < 4.78 is 6.08. The first-order chi connectivity index (χ1) is 15.2. The van der Waals surface area contributed by atoms with Crippen molar-refractivity contribution in [3.63, 3.8) is 0 Å². The highest BCUT2D eigenvalue weighted by Gasteiger charge is 2.33. The number of amides is 1. The molecule has 0 bridgehead atoms. The van der Waals surface area contributed by atoms with Crippen LogP contribution in [0.4, 0.5) is 5.69 Å². The number of nitrogens with zero attached hydrogens (tertiary/aromatic N) is 1. The van der Waals surface area contributed by atoms with Crippen LogP contribution in [0.2, 0.25) is 5.02 Å². The summed E-state index contributed by atoms with van der Waals surface area (Å²) in [6, 6.07) is 13.6. The molecule has 0 radical (unpaired) electrons. The van der Waals surface area contributed by atoms with Gasteiger partial charge in [-0.25, -0.2) is 9.59 Å². The van der Waals surface area contributed by atoms with Gasteiger partial charge in [0, 0.05) is 16.7 Å². The van der Waals surface area contributed by atoms with Crippen LogP contribution in [0.3, 0.4) is 0 Å². The third kappa shape index (κ3) is 4.31. The minimum Gasteiger partial charge on any atom is -0.478 e. The number of carboxylic acid groups (broad SMARTS) is 2. The third-order valence-corrected chi connectivity index (χ3v) is 6.01. The molecule has 2 heterocycles. The Kier molecular flexibility index (Phi) is 5.88. The van der Waals surface area contributed by atoms with E-state index in [0.29, 0.717) is 25.7 Å². The van der Waals surface area contributed by atoms with E-state index in [1.807, 2.05) is 0 Å². The van der Waals surface area contributed by atoms with Crippen LogP contribution in [-0.4, -0.2) is 32.4 Å². The van der Waals surface area contributed by atoms with Crippen molar-refractivity contribution >= 4 is 69.5 Å². The fourth-order valence-corrected chi connectivity index (χ4v) is 4.50. The summed E-state index contributed by atoms with van der Waals surface area (Å²) in [6.07, 6.45) is 1.52. The SMILES string of the molecule is O=C(O)c1cc(C(=O)O)cc(-c2ccc(/C=C3\SC(=S)N(c4cccc(Cl)c4)C3=O)o2)c1. The molecular weight excluding hydrogens is 474 g/mol. The quantitative estimate of drug-likeness (QED) is 0.365. The minimum absolute atomic E-state index is 0.180. The van der Waals surface area contributed by atoms with Gasteiger partial charge in [-0.15, -0.1) is 0 Å². The topological polar surface area (TPSA) is 108 Å². The fourth-order valence-electron chi connectivity index (χ4n) is 3.04. The number of rotatable bonds is 5. The van der Waals surface area contributed by atoms with Gasteiger partial charge in [0.2, 0.25) is 0 Å². The summed E-state index contributed by atoms with van der Waals surface area (Å²) in [4.78, 5) is 37.3. The van der Waals surface area contributed by atoms with E-state index in [4.69, 9.17) is 28.2 Å². The van der Waals surface area contributed by atoms with Crippen LogP contribution in [0.25, 0.3) is 17.4 Å². The van der Waals surface area contributed by atoms with Crippen molar-refractivity contribution in [2.24, 2.45) is 0 Å². The van der Waals surface area contributed by atoms with E-state index in [-0.39, 0.29) is 28.4 Å². The Balaban J connectivity index is 1.65. The Hall–Kier alpha value is -3.40. The minimum atomic E-state index is -1.26. The molecule has 2 N–H and O–H groups in total. The summed E-state index contributed by atoms with van der Waals surface area (Å²) in [5, 5.41) is 19.0. The molecule has 0 spiro atoms. The van der Waals surface area contributed by atoms with Gasteiger partial charge in [0.15, 0.2) is 4.32 Å². The first-order valence-corrected chi connectivity index (χ1v) is 10.6. The number of hydrogen-bond donors (Lipinski definition) is 2. The Labute approximate surface area is 195 Å². The van der Waals surface area contributed by atoms with Crippen molar-refractivity contribution in [3.8, 4) is 11.3 Å². The molecule has 0 aliphatic carbocycles. The van der Waals surface area contributed by atoms with Gasteiger partial charge >= 0.3 is 11.9 Å². The molecule has 10 heteroatoms. The number of furan rings is 1. The normalized spacial score (nSPS) is 14.9. The monoisotopic (exact) mass is 485 g/mol. The summed E-state index contributed by atoms with van der Waals surface area (Å²) >= 11 is 12.5. The molecule has 1 aliphatic heterocycles. The lowest BCUT2D eigenvalue weighted by molar-refractivity contribution is -0.113. The van der Waals surface area contributed by atoms with Gasteiger partial charge in [0.05, 0.1) is 21.7 Å². The number of benzene rings is 2. The average molecular weight is 486 g/mol. The number of anilines is 1. The van der Waals surface area contributed by atoms with Gasteiger partial charge in [0.1, 0.15) is 11.5 Å². The molecule has 2 aromatic carbocycles.